The molecule has 2 fully saturated rings. The first kappa shape index (κ1) is 8.52. The van der Waals surface area contributed by atoms with Crippen molar-refractivity contribution in [2.75, 3.05) is 6.54 Å². The van der Waals surface area contributed by atoms with Gasteiger partial charge in [0.05, 0.1) is 6.10 Å². The number of hydrogen-bond donors (Lipinski definition) is 2. The molecule has 70 valence electrons. The van der Waals surface area contributed by atoms with E-state index in [4.69, 9.17) is 5.73 Å². The lowest BCUT2D eigenvalue weighted by molar-refractivity contribution is 0.000717. The van der Waals surface area contributed by atoms with Crippen LogP contribution in [0.25, 0.3) is 0 Å². The summed E-state index contributed by atoms with van der Waals surface area (Å²) in [6.07, 6.45) is 4.77. The van der Waals surface area contributed by atoms with Crippen LogP contribution in [0.2, 0.25) is 0 Å². The zero-order valence-electron chi connectivity index (χ0n) is 7.79. The molecule has 0 aromatic heterocycles. The fourth-order valence-electron chi connectivity index (χ4n) is 2.55. The van der Waals surface area contributed by atoms with Gasteiger partial charge in [-0.05, 0) is 31.1 Å². The molecular weight excluding hydrogens is 150 g/mol. The van der Waals surface area contributed by atoms with Gasteiger partial charge in [0, 0.05) is 12.0 Å². The van der Waals surface area contributed by atoms with E-state index in [1.54, 1.807) is 0 Å². The summed E-state index contributed by atoms with van der Waals surface area (Å²) in [5.41, 5.74) is 5.83. The summed E-state index contributed by atoms with van der Waals surface area (Å²) in [5.74, 6) is 1.22. The van der Waals surface area contributed by atoms with E-state index in [1.165, 1.54) is 19.3 Å². The van der Waals surface area contributed by atoms with Gasteiger partial charge in [-0.25, -0.2) is 0 Å². The maximum atomic E-state index is 10.0. The molecule has 0 aromatic rings. The van der Waals surface area contributed by atoms with E-state index in [-0.39, 0.29) is 11.5 Å². The maximum absolute atomic E-state index is 10.0. The molecule has 0 unspecified atom stereocenters. The quantitative estimate of drug-likeness (QED) is 0.665. The normalized spacial score (nSPS) is 43.8. The highest BCUT2D eigenvalue weighted by molar-refractivity contribution is 5.07. The van der Waals surface area contributed by atoms with Crippen LogP contribution >= 0.6 is 0 Å². The maximum Gasteiger partial charge on any atom is 0.0639 e. The van der Waals surface area contributed by atoms with Crippen LogP contribution in [0, 0.1) is 17.3 Å². The van der Waals surface area contributed by atoms with Gasteiger partial charge in [-0.3, -0.25) is 0 Å². The lowest BCUT2D eigenvalue weighted by atomic mass is 9.74. The lowest BCUT2D eigenvalue weighted by Gasteiger charge is -2.35. The molecule has 2 aliphatic carbocycles. The van der Waals surface area contributed by atoms with Gasteiger partial charge >= 0.3 is 0 Å². The van der Waals surface area contributed by atoms with Crippen molar-refractivity contribution in [3.63, 3.8) is 0 Å². The topological polar surface area (TPSA) is 46.2 Å². The van der Waals surface area contributed by atoms with Crippen molar-refractivity contribution < 1.29 is 5.11 Å². The van der Waals surface area contributed by atoms with E-state index >= 15 is 0 Å². The highest BCUT2D eigenvalue weighted by atomic mass is 16.3. The Bertz CT molecular complexity index is 175. The molecule has 0 saturated heterocycles. The van der Waals surface area contributed by atoms with Gasteiger partial charge in [-0.1, -0.05) is 13.3 Å². The fraction of sp³-hybridized carbons (Fsp3) is 1.00. The van der Waals surface area contributed by atoms with E-state index in [9.17, 15) is 5.11 Å². The van der Waals surface area contributed by atoms with Gasteiger partial charge in [0.2, 0.25) is 0 Å². The average Bonchev–Trinajstić information content (AvgIpc) is 2.59. The van der Waals surface area contributed by atoms with Gasteiger partial charge in [-0.15, -0.1) is 0 Å². The Hall–Kier alpha value is -0.0800. The molecule has 3 N–H and O–H groups in total. The van der Waals surface area contributed by atoms with Crippen molar-refractivity contribution in [3.8, 4) is 0 Å². The van der Waals surface area contributed by atoms with Crippen LogP contribution in [0.5, 0.6) is 0 Å². The monoisotopic (exact) mass is 169 g/mol. The molecule has 0 spiro atoms. The van der Waals surface area contributed by atoms with Crippen molar-refractivity contribution in [1.82, 2.24) is 0 Å². The summed E-state index contributed by atoms with van der Waals surface area (Å²) in [6.45, 7) is 2.88. The largest absolute Gasteiger partial charge is 0.392 e. The molecule has 0 radical (unpaired) electrons. The highest BCUT2D eigenvalue weighted by Gasteiger charge is 2.57. The van der Waals surface area contributed by atoms with Crippen LogP contribution in [0.1, 0.15) is 32.6 Å². The second-order valence-electron chi connectivity index (χ2n) is 4.68. The van der Waals surface area contributed by atoms with E-state index in [0.29, 0.717) is 18.4 Å². The van der Waals surface area contributed by atoms with E-state index in [1.807, 2.05) is 0 Å². The molecule has 0 amide bonds. The Morgan fingerprint density at radius 1 is 1.58 bits per heavy atom. The fourth-order valence-corrected chi connectivity index (χ4v) is 2.55. The minimum atomic E-state index is -0.105. The van der Waals surface area contributed by atoms with Gasteiger partial charge in [0.15, 0.2) is 0 Å². The van der Waals surface area contributed by atoms with Crippen LogP contribution in [-0.4, -0.2) is 17.8 Å². The summed E-state index contributed by atoms with van der Waals surface area (Å²) in [4.78, 5) is 0. The molecule has 2 nitrogen and oxygen atoms in total. The van der Waals surface area contributed by atoms with Crippen molar-refractivity contribution in [2.24, 2.45) is 23.0 Å². The lowest BCUT2D eigenvalue weighted by Crippen LogP contribution is -2.39. The number of aliphatic hydroxyl groups excluding tert-OH is 1. The second-order valence-corrected chi connectivity index (χ2v) is 4.68. The smallest absolute Gasteiger partial charge is 0.0639 e. The summed E-state index contributed by atoms with van der Waals surface area (Å²) in [5, 5.41) is 10.0. The molecule has 2 rings (SSSR count). The zero-order chi connectivity index (χ0) is 8.77. The first-order valence-electron chi connectivity index (χ1n) is 5.09. The first-order valence-corrected chi connectivity index (χ1v) is 5.09. The number of hydrogen-bond acceptors (Lipinski definition) is 2. The number of aliphatic hydroxyl groups is 1. The standard InChI is InChI=1S/C10H19NO/c1-7-5-10(7,6-11)9(12)8-3-2-4-8/h7-9,12H,2-6,11H2,1H3/t7-,9-,10-/m0/s1. The predicted molar refractivity (Wildman–Crippen MR) is 48.6 cm³/mol. The summed E-state index contributed by atoms with van der Waals surface area (Å²) in [6, 6.07) is 0. The Morgan fingerprint density at radius 3 is 2.42 bits per heavy atom. The third kappa shape index (κ3) is 1.01. The highest BCUT2D eigenvalue weighted by Crippen LogP contribution is 2.57. The van der Waals surface area contributed by atoms with Crippen molar-refractivity contribution >= 4 is 0 Å². The van der Waals surface area contributed by atoms with E-state index < -0.39 is 0 Å². The predicted octanol–water partition coefficient (Wildman–Crippen LogP) is 1.13. The van der Waals surface area contributed by atoms with Crippen LogP contribution in [-0.2, 0) is 0 Å². The molecule has 0 aliphatic heterocycles. The average molecular weight is 169 g/mol. The van der Waals surface area contributed by atoms with Crippen molar-refractivity contribution in [2.45, 2.75) is 38.7 Å². The number of rotatable bonds is 3. The van der Waals surface area contributed by atoms with E-state index in [0.717, 1.165) is 6.42 Å². The SMILES string of the molecule is C[C@H]1C[C@@]1(CN)[C@@H](O)C1CCC1. The second kappa shape index (κ2) is 2.71. The summed E-state index contributed by atoms with van der Waals surface area (Å²) in [7, 11) is 0. The third-order valence-corrected chi connectivity index (χ3v) is 4.07. The van der Waals surface area contributed by atoms with Crippen LogP contribution < -0.4 is 5.73 Å². The molecule has 3 atom stereocenters. The van der Waals surface area contributed by atoms with E-state index in [2.05, 4.69) is 6.92 Å². The summed E-state index contributed by atoms with van der Waals surface area (Å²) < 4.78 is 0. The van der Waals surface area contributed by atoms with Crippen molar-refractivity contribution in [3.05, 3.63) is 0 Å². The Kier molecular flexibility index (Phi) is 1.92. The molecule has 2 saturated carbocycles. The van der Waals surface area contributed by atoms with Gasteiger partial charge in [0.1, 0.15) is 0 Å². The van der Waals surface area contributed by atoms with Crippen LogP contribution in [0.15, 0.2) is 0 Å². The summed E-state index contributed by atoms with van der Waals surface area (Å²) >= 11 is 0. The minimum absolute atomic E-state index is 0.105. The Labute approximate surface area is 74.1 Å². The van der Waals surface area contributed by atoms with Crippen LogP contribution in [0.3, 0.4) is 0 Å². The van der Waals surface area contributed by atoms with Gasteiger partial charge < -0.3 is 10.8 Å². The van der Waals surface area contributed by atoms with Gasteiger partial charge in [0.25, 0.3) is 0 Å². The molecule has 0 bridgehead atoms. The van der Waals surface area contributed by atoms with Gasteiger partial charge in [-0.2, -0.15) is 0 Å². The molecular formula is C10H19NO. The van der Waals surface area contributed by atoms with Crippen molar-refractivity contribution in [1.29, 1.82) is 0 Å². The minimum Gasteiger partial charge on any atom is -0.392 e. The number of nitrogens with two attached hydrogens (primary N) is 1. The molecule has 0 aromatic carbocycles. The third-order valence-electron chi connectivity index (χ3n) is 4.07. The zero-order valence-corrected chi connectivity index (χ0v) is 7.79. The first-order chi connectivity index (χ1) is 5.70. The molecule has 12 heavy (non-hydrogen) atoms. The Morgan fingerprint density at radius 2 is 2.17 bits per heavy atom. The Balaban J connectivity index is 1.97. The molecule has 0 heterocycles. The van der Waals surface area contributed by atoms with Crippen LogP contribution in [0.4, 0.5) is 0 Å². The molecule has 2 aliphatic rings. The molecule has 2 heteroatoms.